The number of imidazole rings is 1. The number of urea groups is 1. The molecule has 0 saturated carbocycles. The third kappa shape index (κ3) is 3.33. The van der Waals surface area contributed by atoms with Crippen molar-refractivity contribution in [2.75, 3.05) is 25.5 Å². The molecule has 27 heavy (non-hydrogen) atoms. The Morgan fingerprint density at radius 1 is 1.37 bits per heavy atom. The van der Waals surface area contributed by atoms with Gasteiger partial charge in [0.05, 0.1) is 19.4 Å². The molecular weight excluding hydrogens is 348 g/mol. The molecule has 1 aliphatic rings. The highest BCUT2D eigenvalue weighted by atomic mass is 16.5. The summed E-state index contributed by atoms with van der Waals surface area (Å²) in [7, 11) is 3.45. The second kappa shape index (κ2) is 6.92. The van der Waals surface area contributed by atoms with Crippen LogP contribution in [0.2, 0.25) is 0 Å². The molecule has 0 radical (unpaired) electrons. The van der Waals surface area contributed by atoms with Crippen molar-refractivity contribution in [3.63, 3.8) is 0 Å². The lowest BCUT2D eigenvalue weighted by Crippen LogP contribution is -2.42. The fraction of sp³-hybridized carbons (Fsp3) is 0.389. The van der Waals surface area contributed by atoms with E-state index in [0.29, 0.717) is 48.7 Å². The number of aliphatic hydroxyl groups is 1. The molecule has 3 heterocycles. The Hall–Kier alpha value is -3.07. The maximum Gasteiger partial charge on any atom is 0.324 e. The second-order valence-electron chi connectivity index (χ2n) is 6.68. The van der Waals surface area contributed by atoms with Gasteiger partial charge < -0.3 is 19.7 Å². The smallest absolute Gasteiger partial charge is 0.324 e. The number of rotatable bonds is 3. The molecule has 3 aromatic rings. The Morgan fingerprint density at radius 2 is 2.15 bits per heavy atom. The zero-order valence-electron chi connectivity index (χ0n) is 15.3. The number of nitrogens with zero attached hydrogens (tertiary/aromatic N) is 4. The molecule has 3 N–H and O–H groups in total. The molecule has 142 valence electrons. The number of aromatic amines is 1. The summed E-state index contributed by atoms with van der Waals surface area (Å²) in [5, 5.41) is 16.6. The molecule has 9 nitrogen and oxygen atoms in total. The second-order valence-corrected chi connectivity index (χ2v) is 6.68. The van der Waals surface area contributed by atoms with Gasteiger partial charge in [-0.2, -0.15) is 5.10 Å². The summed E-state index contributed by atoms with van der Waals surface area (Å²) in [4.78, 5) is 21.9. The van der Waals surface area contributed by atoms with Crippen molar-refractivity contribution < 1.29 is 14.6 Å². The standard InChI is InChI=1S/C18H22N6O3/c1-23-10-11(9-19-23)13-3-4-14(27-2)16-15(13)20-17(21-16)22-18(26)24-7-5-12(25)6-8-24/h3-4,9-10,12,25H,5-8H2,1-2H3,(H2,20,21,22,26). The predicted molar refractivity (Wildman–Crippen MR) is 101 cm³/mol. The molecule has 9 heteroatoms. The molecule has 4 rings (SSSR count). The van der Waals surface area contributed by atoms with Gasteiger partial charge in [0.2, 0.25) is 5.95 Å². The van der Waals surface area contributed by atoms with E-state index in [-0.39, 0.29) is 12.1 Å². The van der Waals surface area contributed by atoms with Crippen molar-refractivity contribution in [2.45, 2.75) is 18.9 Å². The first-order valence-electron chi connectivity index (χ1n) is 8.85. The van der Waals surface area contributed by atoms with Gasteiger partial charge in [-0.25, -0.2) is 9.78 Å². The highest BCUT2D eigenvalue weighted by Crippen LogP contribution is 2.33. The number of aryl methyl sites for hydroxylation is 1. The van der Waals surface area contributed by atoms with E-state index in [2.05, 4.69) is 20.4 Å². The van der Waals surface area contributed by atoms with E-state index < -0.39 is 0 Å². The highest BCUT2D eigenvalue weighted by Gasteiger charge is 2.22. The van der Waals surface area contributed by atoms with Crippen LogP contribution in [0.5, 0.6) is 5.75 Å². The number of ether oxygens (including phenoxy) is 1. The number of H-pyrrole nitrogens is 1. The zero-order chi connectivity index (χ0) is 19.0. The summed E-state index contributed by atoms with van der Waals surface area (Å²) in [6.45, 7) is 1.05. The number of anilines is 1. The number of carbonyl (C=O) groups excluding carboxylic acids is 1. The van der Waals surface area contributed by atoms with Gasteiger partial charge in [0.25, 0.3) is 0 Å². The van der Waals surface area contributed by atoms with Crippen LogP contribution in [0.1, 0.15) is 12.8 Å². The van der Waals surface area contributed by atoms with Crippen LogP contribution in [0.15, 0.2) is 24.5 Å². The van der Waals surface area contributed by atoms with Crippen molar-refractivity contribution in [1.82, 2.24) is 24.6 Å². The number of likely N-dealkylation sites (tertiary alicyclic amines) is 1. The molecule has 0 atom stereocenters. The normalized spacial score (nSPS) is 15.3. The van der Waals surface area contributed by atoms with Gasteiger partial charge in [0.15, 0.2) is 0 Å². The van der Waals surface area contributed by atoms with E-state index in [4.69, 9.17) is 4.74 Å². The Bertz CT molecular complexity index is 971. The highest BCUT2D eigenvalue weighted by molar-refractivity contribution is 5.98. The van der Waals surface area contributed by atoms with Crippen molar-refractivity contribution in [2.24, 2.45) is 7.05 Å². The van der Waals surface area contributed by atoms with Crippen LogP contribution in [-0.4, -0.2) is 62.1 Å². The zero-order valence-corrected chi connectivity index (χ0v) is 15.3. The van der Waals surface area contributed by atoms with E-state index >= 15 is 0 Å². The summed E-state index contributed by atoms with van der Waals surface area (Å²) in [6.07, 6.45) is 4.53. The summed E-state index contributed by atoms with van der Waals surface area (Å²) in [5.41, 5.74) is 3.24. The number of nitrogens with one attached hydrogen (secondary N) is 2. The summed E-state index contributed by atoms with van der Waals surface area (Å²) in [5.74, 6) is 1.00. The number of methoxy groups -OCH3 is 1. The molecular formula is C18H22N6O3. The molecule has 1 aromatic carbocycles. The quantitative estimate of drug-likeness (QED) is 0.653. The number of hydrogen-bond donors (Lipinski definition) is 3. The lowest BCUT2D eigenvalue weighted by molar-refractivity contribution is 0.0971. The number of amides is 2. The van der Waals surface area contributed by atoms with E-state index in [1.54, 1.807) is 22.9 Å². The number of aromatic nitrogens is 4. The van der Waals surface area contributed by atoms with Crippen LogP contribution < -0.4 is 10.1 Å². The fourth-order valence-corrected chi connectivity index (χ4v) is 3.34. The Kier molecular flexibility index (Phi) is 4.44. The first-order chi connectivity index (χ1) is 13.0. The third-order valence-electron chi connectivity index (χ3n) is 4.82. The number of benzene rings is 1. The maximum atomic E-state index is 12.5. The first kappa shape index (κ1) is 17.3. The maximum absolute atomic E-state index is 12.5. The van der Waals surface area contributed by atoms with E-state index in [1.807, 2.05) is 25.4 Å². The monoisotopic (exact) mass is 370 g/mol. The molecule has 1 aliphatic heterocycles. The minimum Gasteiger partial charge on any atom is -0.494 e. The molecule has 0 aliphatic carbocycles. The van der Waals surface area contributed by atoms with Crippen LogP contribution in [0.3, 0.4) is 0 Å². The van der Waals surface area contributed by atoms with E-state index in [0.717, 1.165) is 11.1 Å². The molecule has 2 amide bonds. The van der Waals surface area contributed by atoms with Crippen LogP contribution in [0.25, 0.3) is 22.2 Å². The third-order valence-corrected chi connectivity index (χ3v) is 4.82. The van der Waals surface area contributed by atoms with Crippen LogP contribution >= 0.6 is 0 Å². The van der Waals surface area contributed by atoms with Gasteiger partial charge in [0, 0.05) is 37.5 Å². The molecule has 0 spiro atoms. The lowest BCUT2D eigenvalue weighted by atomic mass is 10.1. The van der Waals surface area contributed by atoms with E-state index in [1.165, 1.54) is 0 Å². The molecule has 2 aromatic heterocycles. The lowest BCUT2D eigenvalue weighted by Gasteiger charge is -2.29. The van der Waals surface area contributed by atoms with Gasteiger partial charge in [-0.3, -0.25) is 10.00 Å². The Balaban J connectivity index is 1.65. The van der Waals surface area contributed by atoms with Gasteiger partial charge in [-0.1, -0.05) is 0 Å². The average Bonchev–Trinajstić information content (AvgIpc) is 3.27. The molecule has 1 fully saturated rings. The largest absolute Gasteiger partial charge is 0.494 e. The number of piperidine rings is 1. The number of carbonyl (C=O) groups is 1. The number of fused-ring (bicyclic) bond motifs is 1. The minimum atomic E-state index is -0.327. The molecule has 0 bridgehead atoms. The van der Waals surface area contributed by atoms with Crippen LogP contribution in [-0.2, 0) is 7.05 Å². The van der Waals surface area contributed by atoms with E-state index in [9.17, 15) is 9.90 Å². The Labute approximate surface area is 155 Å². The van der Waals surface area contributed by atoms with Gasteiger partial charge >= 0.3 is 6.03 Å². The van der Waals surface area contributed by atoms with Crippen molar-refractivity contribution >= 4 is 23.0 Å². The van der Waals surface area contributed by atoms with Crippen LogP contribution in [0, 0.1) is 0 Å². The average molecular weight is 370 g/mol. The van der Waals surface area contributed by atoms with Gasteiger partial charge in [-0.15, -0.1) is 0 Å². The topological polar surface area (TPSA) is 108 Å². The summed E-state index contributed by atoms with van der Waals surface area (Å²) >= 11 is 0. The molecule has 0 unspecified atom stereocenters. The summed E-state index contributed by atoms with van der Waals surface area (Å²) < 4.78 is 7.15. The van der Waals surface area contributed by atoms with Crippen LogP contribution in [0.4, 0.5) is 10.7 Å². The summed E-state index contributed by atoms with van der Waals surface area (Å²) in [6, 6.07) is 3.56. The fourth-order valence-electron chi connectivity index (χ4n) is 3.34. The SMILES string of the molecule is COc1ccc(-c2cnn(C)c2)c2nc(NC(=O)N3CCC(O)CC3)[nH]c12. The van der Waals surface area contributed by atoms with Crippen molar-refractivity contribution in [1.29, 1.82) is 0 Å². The number of hydrogen-bond acceptors (Lipinski definition) is 5. The Morgan fingerprint density at radius 3 is 2.81 bits per heavy atom. The minimum absolute atomic E-state index is 0.233. The first-order valence-corrected chi connectivity index (χ1v) is 8.85. The van der Waals surface area contributed by atoms with Crippen molar-refractivity contribution in [3.8, 4) is 16.9 Å². The predicted octanol–water partition coefficient (Wildman–Crippen LogP) is 1.96. The molecule has 1 saturated heterocycles. The van der Waals surface area contributed by atoms with Crippen molar-refractivity contribution in [3.05, 3.63) is 24.5 Å². The van der Waals surface area contributed by atoms with Gasteiger partial charge in [0.1, 0.15) is 16.8 Å². The number of aliphatic hydroxyl groups excluding tert-OH is 1. The van der Waals surface area contributed by atoms with Gasteiger partial charge in [-0.05, 0) is 25.0 Å².